The van der Waals surface area contributed by atoms with Crippen molar-refractivity contribution in [1.82, 2.24) is 0 Å². The molecule has 2 rings (SSSR count). The van der Waals surface area contributed by atoms with Crippen LogP contribution in [0.2, 0.25) is 0 Å². The Morgan fingerprint density at radius 2 is 1.31 bits per heavy atom. The minimum atomic E-state index is 0.210. The normalized spacial score (nSPS) is 12.1. The van der Waals surface area contributed by atoms with Crippen LogP contribution in [0.25, 0.3) is 11.1 Å². The molecule has 2 aliphatic carbocycles. The van der Waals surface area contributed by atoms with Crippen LogP contribution >= 0.6 is 0 Å². The van der Waals surface area contributed by atoms with Crippen molar-refractivity contribution >= 4 is 0 Å². The van der Waals surface area contributed by atoms with Gasteiger partial charge in [0, 0.05) is 0 Å². The fourth-order valence-corrected chi connectivity index (χ4v) is 2.11. The van der Waals surface area contributed by atoms with Gasteiger partial charge in [-0.3, -0.25) is 0 Å². The molecule has 0 radical (unpaired) electrons. The summed E-state index contributed by atoms with van der Waals surface area (Å²) >= 11 is 0. The van der Waals surface area contributed by atoms with Crippen molar-refractivity contribution in [1.29, 1.82) is 0 Å². The summed E-state index contributed by atoms with van der Waals surface area (Å²) in [6.45, 7) is 11.2. The highest BCUT2D eigenvalue weighted by molar-refractivity contribution is 5.73. The first-order chi connectivity index (χ1) is 7.39. The molecule has 0 aromatic carbocycles. The number of hydrogen-bond acceptors (Lipinski definition) is 0. The molecule has 0 saturated carbocycles. The maximum atomic E-state index is 2.34. The molecule has 0 spiro atoms. The van der Waals surface area contributed by atoms with Crippen LogP contribution in [0.1, 0.15) is 37.5 Å². The second-order valence-corrected chi connectivity index (χ2v) is 5.71. The zero-order chi connectivity index (χ0) is 11.9. The molecule has 0 heteroatoms. The van der Waals surface area contributed by atoms with E-state index in [1.165, 1.54) is 27.8 Å². The average molecular weight is 212 g/mol. The number of aryl methyl sites for hydroxylation is 2. The topological polar surface area (TPSA) is 0 Å². The lowest BCUT2D eigenvalue weighted by atomic mass is 9.87. The molecule has 84 valence electrons. The Balaban J connectivity index is 2.73. The molecule has 16 heavy (non-hydrogen) atoms. The predicted octanol–water partition coefficient (Wildman–Crippen LogP) is 4.71. The third kappa shape index (κ3) is 1.84. The van der Waals surface area contributed by atoms with E-state index >= 15 is 0 Å². The SMILES string of the molecule is Cc1ccc(C(C)(C)C)cc2c(C)ccc1-2. The lowest BCUT2D eigenvalue weighted by Crippen LogP contribution is -2.09. The van der Waals surface area contributed by atoms with Gasteiger partial charge in [-0.15, -0.1) is 0 Å². The molecule has 0 aliphatic heterocycles. The molecular weight excluding hydrogens is 192 g/mol. The Labute approximate surface area is 98.7 Å². The summed E-state index contributed by atoms with van der Waals surface area (Å²) in [6, 6.07) is 11.3. The fraction of sp³-hybridized carbons (Fsp3) is 0.375. The van der Waals surface area contributed by atoms with Crippen molar-refractivity contribution in [2.45, 2.75) is 40.0 Å². The molecule has 0 N–H and O–H groups in total. The molecule has 2 aliphatic rings. The predicted molar refractivity (Wildman–Crippen MR) is 71.2 cm³/mol. The van der Waals surface area contributed by atoms with E-state index in [2.05, 4.69) is 65.0 Å². The van der Waals surface area contributed by atoms with Crippen molar-refractivity contribution in [3.8, 4) is 11.1 Å². The van der Waals surface area contributed by atoms with Crippen LogP contribution < -0.4 is 0 Å². The van der Waals surface area contributed by atoms with Crippen LogP contribution in [0, 0.1) is 13.8 Å². The van der Waals surface area contributed by atoms with Gasteiger partial charge in [0.25, 0.3) is 0 Å². The molecule has 0 amide bonds. The third-order valence-electron chi connectivity index (χ3n) is 3.32. The van der Waals surface area contributed by atoms with E-state index in [4.69, 9.17) is 0 Å². The molecule has 0 heterocycles. The summed E-state index contributed by atoms with van der Waals surface area (Å²) < 4.78 is 0. The van der Waals surface area contributed by atoms with Crippen LogP contribution in [0.5, 0.6) is 0 Å². The van der Waals surface area contributed by atoms with Gasteiger partial charge >= 0.3 is 0 Å². The van der Waals surface area contributed by atoms with Crippen LogP contribution in [-0.2, 0) is 5.41 Å². The van der Waals surface area contributed by atoms with Gasteiger partial charge in [0.1, 0.15) is 0 Å². The zero-order valence-electron chi connectivity index (χ0n) is 10.9. The lowest BCUT2D eigenvalue weighted by molar-refractivity contribution is 0.591. The molecular formula is C16H20. The monoisotopic (exact) mass is 212 g/mol. The summed E-state index contributed by atoms with van der Waals surface area (Å²) in [4.78, 5) is 0. The van der Waals surface area contributed by atoms with Gasteiger partial charge in [0.05, 0.1) is 0 Å². The molecule has 0 nitrogen and oxygen atoms in total. The zero-order valence-corrected chi connectivity index (χ0v) is 10.9. The summed E-state index contributed by atoms with van der Waals surface area (Å²) in [5, 5.41) is 0. The number of hydrogen-bond donors (Lipinski definition) is 0. The molecule has 0 saturated heterocycles. The smallest absolute Gasteiger partial charge is 0.0132 e. The van der Waals surface area contributed by atoms with Crippen molar-refractivity contribution in [3.63, 3.8) is 0 Å². The highest BCUT2D eigenvalue weighted by Crippen LogP contribution is 2.33. The van der Waals surface area contributed by atoms with Crippen LogP contribution in [0.3, 0.4) is 0 Å². The van der Waals surface area contributed by atoms with Crippen molar-refractivity contribution in [2.75, 3.05) is 0 Å². The Hall–Kier alpha value is -1.30. The van der Waals surface area contributed by atoms with Gasteiger partial charge in [-0.2, -0.15) is 0 Å². The molecule has 0 aromatic rings. The lowest BCUT2D eigenvalue weighted by Gasteiger charge is -2.17. The Kier molecular flexibility index (Phi) is 2.53. The second-order valence-electron chi connectivity index (χ2n) is 5.71. The summed E-state index contributed by atoms with van der Waals surface area (Å²) in [6.07, 6.45) is 0. The minimum absolute atomic E-state index is 0.210. The maximum Gasteiger partial charge on any atom is -0.0132 e. The molecule has 0 bridgehead atoms. The van der Waals surface area contributed by atoms with E-state index in [9.17, 15) is 0 Å². The van der Waals surface area contributed by atoms with Crippen LogP contribution in [0.4, 0.5) is 0 Å². The van der Waals surface area contributed by atoms with Gasteiger partial charge in [-0.05, 0) is 47.1 Å². The standard InChI is InChI=1S/C16H20/c1-11-6-8-13(16(3,4)5)10-15-12(2)7-9-14(11)15/h6-10H,1-5H3. The molecule has 0 atom stereocenters. The summed E-state index contributed by atoms with van der Waals surface area (Å²) in [5.41, 5.74) is 7.13. The number of fused-ring (bicyclic) bond motifs is 1. The minimum Gasteiger partial charge on any atom is -0.0584 e. The van der Waals surface area contributed by atoms with Gasteiger partial charge < -0.3 is 0 Å². The third-order valence-corrected chi connectivity index (χ3v) is 3.32. The highest BCUT2D eigenvalue weighted by atomic mass is 14.2. The maximum absolute atomic E-state index is 2.34. The van der Waals surface area contributed by atoms with Crippen molar-refractivity contribution in [2.24, 2.45) is 0 Å². The molecule has 0 aromatic heterocycles. The first-order valence-electron chi connectivity index (χ1n) is 5.90. The highest BCUT2D eigenvalue weighted by Gasteiger charge is 2.16. The average Bonchev–Trinajstić information content (AvgIpc) is 2.42. The van der Waals surface area contributed by atoms with E-state index in [1.807, 2.05) is 0 Å². The van der Waals surface area contributed by atoms with Gasteiger partial charge in [-0.25, -0.2) is 0 Å². The Morgan fingerprint density at radius 1 is 0.750 bits per heavy atom. The van der Waals surface area contributed by atoms with E-state index in [0.717, 1.165) is 0 Å². The van der Waals surface area contributed by atoms with E-state index in [1.54, 1.807) is 0 Å². The first-order valence-corrected chi connectivity index (χ1v) is 5.90. The summed E-state index contributed by atoms with van der Waals surface area (Å²) in [5.74, 6) is 0. The molecule has 0 unspecified atom stereocenters. The van der Waals surface area contributed by atoms with E-state index in [0.29, 0.717) is 0 Å². The Bertz CT molecular complexity index is 486. The van der Waals surface area contributed by atoms with Gasteiger partial charge in [0.15, 0.2) is 0 Å². The van der Waals surface area contributed by atoms with Crippen molar-refractivity contribution in [3.05, 3.63) is 47.0 Å². The van der Waals surface area contributed by atoms with Crippen molar-refractivity contribution < 1.29 is 0 Å². The second kappa shape index (κ2) is 3.62. The number of rotatable bonds is 0. The van der Waals surface area contributed by atoms with Crippen LogP contribution in [-0.4, -0.2) is 0 Å². The first kappa shape index (κ1) is 11.2. The van der Waals surface area contributed by atoms with E-state index in [-0.39, 0.29) is 5.41 Å². The molecule has 0 fully saturated rings. The largest absolute Gasteiger partial charge is 0.0584 e. The summed E-state index contributed by atoms with van der Waals surface area (Å²) in [7, 11) is 0. The van der Waals surface area contributed by atoms with Gasteiger partial charge in [0.2, 0.25) is 0 Å². The van der Waals surface area contributed by atoms with Gasteiger partial charge in [-0.1, -0.05) is 51.1 Å². The fourth-order valence-electron chi connectivity index (χ4n) is 2.11. The Morgan fingerprint density at radius 3 is 1.94 bits per heavy atom. The quantitative estimate of drug-likeness (QED) is 0.593. The van der Waals surface area contributed by atoms with E-state index < -0.39 is 0 Å². The van der Waals surface area contributed by atoms with Crippen LogP contribution in [0.15, 0.2) is 30.3 Å².